The maximum absolute atomic E-state index is 14.0. The van der Waals surface area contributed by atoms with Crippen molar-refractivity contribution in [1.82, 2.24) is 24.7 Å². The molecule has 4 aromatic rings. The Labute approximate surface area is 190 Å². The molecule has 4 aromatic heterocycles. The highest BCUT2D eigenvalue weighted by Gasteiger charge is 2.42. The van der Waals surface area contributed by atoms with Gasteiger partial charge in [-0.05, 0) is 50.2 Å². The maximum Gasteiger partial charge on any atom is 0.433 e. The molecule has 0 unspecified atom stereocenters. The van der Waals surface area contributed by atoms with Crippen molar-refractivity contribution in [3.05, 3.63) is 89.8 Å². The molecule has 0 aromatic carbocycles. The van der Waals surface area contributed by atoms with Crippen molar-refractivity contribution >= 4 is 0 Å². The summed E-state index contributed by atoms with van der Waals surface area (Å²) in [5.74, 6) is -0.389. The molecule has 34 heavy (non-hydrogen) atoms. The van der Waals surface area contributed by atoms with Gasteiger partial charge in [0.15, 0.2) is 5.82 Å². The molecule has 0 aliphatic carbocycles. The molecule has 0 fully saturated rings. The predicted octanol–water partition coefficient (Wildman–Crippen LogP) is 6.09. The highest BCUT2D eigenvalue weighted by Crippen LogP contribution is 2.40. The molecule has 11 heteroatoms. The van der Waals surface area contributed by atoms with E-state index >= 15 is 0 Å². The summed E-state index contributed by atoms with van der Waals surface area (Å²) in [7, 11) is 0. The third-order valence-electron chi connectivity index (χ3n) is 5.22. The molecule has 4 rings (SSSR count). The van der Waals surface area contributed by atoms with E-state index in [4.69, 9.17) is 0 Å². The number of alkyl halides is 6. The number of halogens is 6. The van der Waals surface area contributed by atoms with Gasteiger partial charge in [-0.1, -0.05) is 12.1 Å². The minimum absolute atomic E-state index is 0.293. The second-order valence-electron chi connectivity index (χ2n) is 7.99. The van der Waals surface area contributed by atoms with Crippen molar-refractivity contribution < 1.29 is 26.3 Å². The van der Waals surface area contributed by atoms with Crippen LogP contribution in [0.5, 0.6) is 0 Å². The van der Waals surface area contributed by atoms with Crippen LogP contribution in [0.15, 0.2) is 67.1 Å². The molecule has 0 spiro atoms. The van der Waals surface area contributed by atoms with Crippen molar-refractivity contribution in [2.24, 2.45) is 0 Å². The zero-order chi connectivity index (χ0) is 24.7. The van der Waals surface area contributed by atoms with Gasteiger partial charge in [0, 0.05) is 24.2 Å². The van der Waals surface area contributed by atoms with E-state index < -0.39 is 34.7 Å². The average molecular weight is 477 g/mol. The smallest absolute Gasteiger partial charge is 0.264 e. The van der Waals surface area contributed by atoms with E-state index in [-0.39, 0.29) is 5.82 Å². The first-order chi connectivity index (χ1) is 15.9. The number of rotatable bonds is 4. The minimum Gasteiger partial charge on any atom is -0.264 e. The largest absolute Gasteiger partial charge is 0.433 e. The summed E-state index contributed by atoms with van der Waals surface area (Å²) in [5.41, 5.74) is -2.60. The van der Waals surface area contributed by atoms with Crippen LogP contribution in [-0.2, 0) is 17.8 Å². The number of pyridine rings is 3. The lowest BCUT2D eigenvalue weighted by molar-refractivity contribution is -0.141. The van der Waals surface area contributed by atoms with Gasteiger partial charge in [-0.2, -0.15) is 31.4 Å². The summed E-state index contributed by atoms with van der Waals surface area (Å²) >= 11 is 0. The van der Waals surface area contributed by atoms with E-state index in [2.05, 4.69) is 20.1 Å². The maximum atomic E-state index is 14.0. The summed E-state index contributed by atoms with van der Waals surface area (Å²) in [6.45, 7) is 3.04. The SMILES string of the molecule is CC(C)(c1cccc(-c2cccnc2)n1)c1nn(-c2cccc(C(F)(F)F)n2)cc1C(F)(F)F. The lowest BCUT2D eigenvalue weighted by Crippen LogP contribution is -2.25. The van der Waals surface area contributed by atoms with Crippen molar-refractivity contribution in [3.8, 4) is 17.1 Å². The molecule has 0 saturated heterocycles. The van der Waals surface area contributed by atoms with Gasteiger partial charge in [0.25, 0.3) is 0 Å². The van der Waals surface area contributed by atoms with Crippen molar-refractivity contribution in [2.45, 2.75) is 31.6 Å². The van der Waals surface area contributed by atoms with Crippen LogP contribution >= 0.6 is 0 Å². The first-order valence-corrected chi connectivity index (χ1v) is 9.97. The van der Waals surface area contributed by atoms with Gasteiger partial charge < -0.3 is 0 Å². The first kappa shape index (κ1) is 23.4. The highest BCUT2D eigenvalue weighted by molar-refractivity contribution is 5.58. The fraction of sp³-hybridized carbons (Fsp3) is 0.217. The third-order valence-corrected chi connectivity index (χ3v) is 5.22. The second kappa shape index (κ2) is 8.23. The lowest BCUT2D eigenvalue weighted by Gasteiger charge is -2.24. The Bertz CT molecular complexity index is 1310. The number of aromatic nitrogens is 5. The van der Waals surface area contributed by atoms with Crippen molar-refractivity contribution in [2.75, 3.05) is 0 Å². The normalized spacial score (nSPS) is 12.7. The van der Waals surface area contributed by atoms with Crippen molar-refractivity contribution in [3.63, 3.8) is 0 Å². The Morgan fingerprint density at radius 3 is 2.12 bits per heavy atom. The Kier molecular flexibility index (Phi) is 5.66. The van der Waals surface area contributed by atoms with Gasteiger partial charge >= 0.3 is 12.4 Å². The molecule has 5 nitrogen and oxygen atoms in total. The average Bonchev–Trinajstić information content (AvgIpc) is 3.27. The molecule has 0 aliphatic rings. The quantitative estimate of drug-likeness (QED) is 0.334. The van der Waals surface area contributed by atoms with Gasteiger partial charge in [-0.3, -0.25) is 9.97 Å². The number of nitrogens with zero attached hydrogens (tertiary/aromatic N) is 5. The molecule has 0 amide bonds. The van der Waals surface area contributed by atoms with Crippen LogP contribution in [0.1, 0.15) is 36.5 Å². The molecular weight excluding hydrogens is 460 g/mol. The summed E-state index contributed by atoms with van der Waals surface area (Å²) in [6.07, 6.45) is -5.76. The lowest BCUT2D eigenvalue weighted by atomic mass is 9.83. The Hall–Kier alpha value is -3.76. The van der Waals surface area contributed by atoms with Crippen molar-refractivity contribution in [1.29, 1.82) is 0 Å². The summed E-state index contributed by atoms with van der Waals surface area (Å²) in [4.78, 5) is 12.0. The summed E-state index contributed by atoms with van der Waals surface area (Å²) in [5, 5.41) is 4.04. The molecule has 0 atom stereocenters. The molecule has 0 radical (unpaired) electrons. The monoisotopic (exact) mass is 477 g/mol. The van der Waals surface area contributed by atoms with Gasteiger partial charge in [-0.25, -0.2) is 9.67 Å². The fourth-order valence-corrected chi connectivity index (χ4v) is 3.45. The van der Waals surface area contributed by atoms with Crippen LogP contribution < -0.4 is 0 Å². The van der Waals surface area contributed by atoms with E-state index in [1.165, 1.54) is 13.8 Å². The van der Waals surface area contributed by atoms with E-state index in [0.717, 1.165) is 18.2 Å². The summed E-state index contributed by atoms with van der Waals surface area (Å²) in [6, 6.07) is 11.3. The van der Waals surface area contributed by atoms with E-state index in [1.807, 2.05) is 0 Å². The highest BCUT2D eigenvalue weighted by atomic mass is 19.4. The van der Waals surface area contributed by atoms with Crippen LogP contribution in [0.4, 0.5) is 26.3 Å². The predicted molar refractivity (Wildman–Crippen MR) is 111 cm³/mol. The number of hydrogen-bond donors (Lipinski definition) is 0. The van der Waals surface area contributed by atoms with E-state index in [1.54, 1.807) is 42.7 Å². The van der Waals surface area contributed by atoms with E-state index in [9.17, 15) is 26.3 Å². The topological polar surface area (TPSA) is 56.5 Å². The van der Waals surface area contributed by atoms with Gasteiger partial charge in [0.05, 0.1) is 28.1 Å². The van der Waals surface area contributed by atoms with Crippen LogP contribution in [0, 0.1) is 0 Å². The zero-order valence-corrected chi connectivity index (χ0v) is 17.9. The van der Waals surface area contributed by atoms with Gasteiger partial charge in [0.1, 0.15) is 5.69 Å². The standard InChI is InChI=1S/C23H17F6N5/c1-21(2,17-8-3-7-16(31-17)14-6-5-11-30-12-14)20-15(22(24,25)26)13-34(33-20)19-10-4-9-18(32-19)23(27,28)29/h3-13H,1-2H3. The van der Waals surface area contributed by atoms with Crippen LogP contribution in [-0.4, -0.2) is 24.7 Å². The zero-order valence-electron chi connectivity index (χ0n) is 17.9. The molecule has 0 N–H and O–H groups in total. The molecule has 0 saturated carbocycles. The number of hydrogen-bond acceptors (Lipinski definition) is 4. The molecule has 176 valence electrons. The van der Waals surface area contributed by atoms with Gasteiger partial charge in [0.2, 0.25) is 0 Å². The molecule has 0 aliphatic heterocycles. The van der Waals surface area contributed by atoms with Crippen LogP contribution in [0.3, 0.4) is 0 Å². The molecule has 4 heterocycles. The Morgan fingerprint density at radius 2 is 1.47 bits per heavy atom. The fourth-order valence-electron chi connectivity index (χ4n) is 3.45. The van der Waals surface area contributed by atoms with Gasteiger partial charge in [-0.15, -0.1) is 0 Å². The van der Waals surface area contributed by atoms with E-state index in [0.29, 0.717) is 27.8 Å². The third kappa shape index (κ3) is 4.50. The Balaban J connectivity index is 1.84. The molecular formula is C23H17F6N5. The summed E-state index contributed by atoms with van der Waals surface area (Å²) < 4.78 is 81.8. The first-order valence-electron chi connectivity index (χ1n) is 9.97. The molecule has 0 bridgehead atoms. The Morgan fingerprint density at radius 1 is 0.765 bits per heavy atom. The second-order valence-corrected chi connectivity index (χ2v) is 7.99. The minimum atomic E-state index is -4.81. The van der Waals surface area contributed by atoms with Crippen LogP contribution in [0.2, 0.25) is 0 Å². The van der Waals surface area contributed by atoms with Crippen LogP contribution in [0.25, 0.3) is 17.1 Å².